The van der Waals surface area contributed by atoms with Crippen molar-refractivity contribution in [3.63, 3.8) is 0 Å². The van der Waals surface area contributed by atoms with Crippen LogP contribution in [0.25, 0.3) is 0 Å². The lowest BCUT2D eigenvalue weighted by Crippen LogP contribution is -2.43. The SMILES string of the molecule is CC(C)(C)OC(=O)CN(CCNC(=O)OC(C)(C)C)CC(=O)OCc1ccccc1. The summed E-state index contributed by atoms with van der Waals surface area (Å²) in [6.07, 6.45) is -0.564. The third kappa shape index (κ3) is 12.8. The maximum Gasteiger partial charge on any atom is 0.407 e. The van der Waals surface area contributed by atoms with Crippen molar-refractivity contribution in [1.82, 2.24) is 10.2 Å². The van der Waals surface area contributed by atoms with E-state index in [-0.39, 0.29) is 32.8 Å². The average molecular weight is 423 g/mol. The third-order valence-corrected chi connectivity index (χ3v) is 3.46. The molecule has 0 unspecified atom stereocenters. The molecular weight excluding hydrogens is 388 g/mol. The molecule has 0 bridgehead atoms. The van der Waals surface area contributed by atoms with Gasteiger partial charge in [0.1, 0.15) is 17.8 Å². The van der Waals surface area contributed by atoms with Gasteiger partial charge in [0.15, 0.2) is 0 Å². The van der Waals surface area contributed by atoms with Crippen LogP contribution in [0.5, 0.6) is 0 Å². The first-order valence-corrected chi connectivity index (χ1v) is 9.95. The molecule has 0 atom stereocenters. The van der Waals surface area contributed by atoms with Crippen molar-refractivity contribution in [3.8, 4) is 0 Å². The van der Waals surface area contributed by atoms with E-state index in [4.69, 9.17) is 14.2 Å². The first kappa shape index (κ1) is 25.4. The van der Waals surface area contributed by atoms with E-state index >= 15 is 0 Å². The lowest BCUT2D eigenvalue weighted by atomic mass is 10.2. The van der Waals surface area contributed by atoms with Crippen LogP contribution in [-0.4, -0.2) is 60.3 Å². The van der Waals surface area contributed by atoms with Gasteiger partial charge in [0, 0.05) is 13.1 Å². The topological polar surface area (TPSA) is 94.2 Å². The quantitative estimate of drug-likeness (QED) is 0.483. The van der Waals surface area contributed by atoms with Gasteiger partial charge in [-0.3, -0.25) is 14.5 Å². The molecule has 0 radical (unpaired) electrons. The number of carbonyl (C=O) groups is 3. The molecule has 0 fully saturated rings. The smallest absolute Gasteiger partial charge is 0.407 e. The fourth-order valence-corrected chi connectivity index (χ4v) is 2.37. The monoisotopic (exact) mass is 422 g/mol. The van der Waals surface area contributed by atoms with E-state index in [1.165, 1.54) is 0 Å². The molecule has 1 N–H and O–H groups in total. The molecule has 0 aromatic heterocycles. The highest BCUT2D eigenvalue weighted by molar-refractivity contribution is 5.75. The molecule has 8 nitrogen and oxygen atoms in total. The number of carbonyl (C=O) groups excluding carboxylic acids is 3. The second kappa shape index (κ2) is 11.5. The van der Waals surface area contributed by atoms with Crippen LogP contribution < -0.4 is 5.32 Å². The van der Waals surface area contributed by atoms with Crippen LogP contribution in [0.1, 0.15) is 47.1 Å². The molecule has 8 heteroatoms. The van der Waals surface area contributed by atoms with Gasteiger partial charge in [0.2, 0.25) is 0 Å². The first-order chi connectivity index (χ1) is 13.8. The Hall–Kier alpha value is -2.61. The summed E-state index contributed by atoms with van der Waals surface area (Å²) in [5, 5.41) is 2.62. The van der Waals surface area contributed by atoms with Crippen LogP contribution in [0.4, 0.5) is 4.79 Å². The number of nitrogens with one attached hydrogen (secondary N) is 1. The van der Waals surface area contributed by atoms with Crippen LogP contribution >= 0.6 is 0 Å². The van der Waals surface area contributed by atoms with Crippen molar-refractivity contribution in [3.05, 3.63) is 35.9 Å². The zero-order valence-electron chi connectivity index (χ0n) is 18.8. The number of ether oxygens (including phenoxy) is 3. The Morgan fingerprint density at radius 1 is 0.867 bits per heavy atom. The van der Waals surface area contributed by atoms with Crippen molar-refractivity contribution >= 4 is 18.0 Å². The summed E-state index contributed by atoms with van der Waals surface area (Å²) in [6.45, 7) is 11.0. The highest BCUT2D eigenvalue weighted by Crippen LogP contribution is 2.08. The molecule has 0 spiro atoms. The molecule has 0 aliphatic rings. The van der Waals surface area contributed by atoms with Gasteiger partial charge in [-0.15, -0.1) is 0 Å². The van der Waals surface area contributed by atoms with E-state index in [0.29, 0.717) is 0 Å². The van der Waals surface area contributed by atoms with Gasteiger partial charge in [-0.25, -0.2) is 4.79 Å². The third-order valence-electron chi connectivity index (χ3n) is 3.46. The van der Waals surface area contributed by atoms with Crippen LogP contribution in [0.2, 0.25) is 0 Å². The Morgan fingerprint density at radius 3 is 2.00 bits per heavy atom. The number of esters is 2. The zero-order valence-corrected chi connectivity index (χ0v) is 18.8. The minimum absolute atomic E-state index is 0.103. The van der Waals surface area contributed by atoms with Crippen molar-refractivity contribution < 1.29 is 28.6 Å². The molecule has 0 heterocycles. The number of rotatable bonds is 9. The zero-order chi connectivity index (χ0) is 22.8. The number of hydrogen-bond donors (Lipinski definition) is 1. The molecule has 1 rings (SSSR count). The maximum absolute atomic E-state index is 12.3. The standard InChI is InChI=1S/C22H34N2O6/c1-21(2,3)29-19(26)15-24(13-12-23-20(27)30-22(4,5)6)14-18(25)28-16-17-10-8-7-9-11-17/h7-11H,12-16H2,1-6H3,(H,23,27). The minimum atomic E-state index is -0.634. The Kier molecular flexibility index (Phi) is 9.78. The van der Waals surface area contributed by atoms with E-state index in [1.54, 1.807) is 46.4 Å². The lowest BCUT2D eigenvalue weighted by Gasteiger charge is -2.25. The number of nitrogens with zero attached hydrogens (tertiary/aromatic N) is 1. The maximum atomic E-state index is 12.3. The molecule has 1 aromatic rings. The van der Waals surface area contributed by atoms with Gasteiger partial charge in [-0.05, 0) is 47.1 Å². The second-order valence-corrected chi connectivity index (χ2v) is 8.87. The molecule has 1 amide bonds. The second-order valence-electron chi connectivity index (χ2n) is 8.87. The Morgan fingerprint density at radius 2 is 1.43 bits per heavy atom. The molecule has 0 aliphatic carbocycles. The predicted molar refractivity (Wildman–Crippen MR) is 113 cm³/mol. The predicted octanol–water partition coefficient (Wildman–Crippen LogP) is 2.90. The number of benzene rings is 1. The normalized spacial score (nSPS) is 11.7. The highest BCUT2D eigenvalue weighted by atomic mass is 16.6. The van der Waals surface area contributed by atoms with E-state index in [2.05, 4.69) is 5.32 Å². The van der Waals surface area contributed by atoms with Gasteiger partial charge in [-0.1, -0.05) is 30.3 Å². The molecule has 0 saturated carbocycles. The summed E-state index contributed by atoms with van der Waals surface area (Å²) in [5.74, 6) is -0.935. The summed E-state index contributed by atoms with van der Waals surface area (Å²) < 4.78 is 15.8. The largest absolute Gasteiger partial charge is 0.460 e. The summed E-state index contributed by atoms with van der Waals surface area (Å²) in [4.78, 5) is 37.8. The van der Waals surface area contributed by atoms with E-state index in [1.807, 2.05) is 30.3 Å². The number of alkyl carbamates (subject to hydrolysis) is 1. The van der Waals surface area contributed by atoms with Crippen molar-refractivity contribution in [2.75, 3.05) is 26.2 Å². The molecular formula is C22H34N2O6. The lowest BCUT2D eigenvalue weighted by molar-refractivity contribution is -0.157. The van der Waals surface area contributed by atoms with Gasteiger partial charge in [0.25, 0.3) is 0 Å². The fourth-order valence-electron chi connectivity index (χ4n) is 2.37. The Bertz CT molecular complexity index is 692. The number of hydrogen-bond acceptors (Lipinski definition) is 7. The van der Waals surface area contributed by atoms with Gasteiger partial charge in [0.05, 0.1) is 13.1 Å². The van der Waals surface area contributed by atoms with Gasteiger partial charge < -0.3 is 19.5 Å². The van der Waals surface area contributed by atoms with Crippen LogP contribution in [0, 0.1) is 0 Å². The molecule has 30 heavy (non-hydrogen) atoms. The molecule has 0 saturated heterocycles. The Labute approximate surface area is 178 Å². The molecule has 0 aliphatic heterocycles. The van der Waals surface area contributed by atoms with Crippen LogP contribution in [0.3, 0.4) is 0 Å². The molecule has 168 valence electrons. The van der Waals surface area contributed by atoms with Crippen LogP contribution in [0.15, 0.2) is 30.3 Å². The average Bonchev–Trinajstić information content (AvgIpc) is 2.57. The van der Waals surface area contributed by atoms with E-state index in [9.17, 15) is 14.4 Å². The first-order valence-electron chi connectivity index (χ1n) is 9.95. The molecule has 1 aromatic carbocycles. The van der Waals surface area contributed by atoms with Crippen molar-refractivity contribution in [1.29, 1.82) is 0 Å². The van der Waals surface area contributed by atoms with Gasteiger partial charge >= 0.3 is 18.0 Å². The fraction of sp³-hybridized carbons (Fsp3) is 0.591. The summed E-state index contributed by atoms with van der Waals surface area (Å²) >= 11 is 0. The van der Waals surface area contributed by atoms with Crippen molar-refractivity contribution in [2.24, 2.45) is 0 Å². The van der Waals surface area contributed by atoms with Crippen LogP contribution in [-0.2, 0) is 30.4 Å². The number of amides is 1. The minimum Gasteiger partial charge on any atom is -0.460 e. The summed E-state index contributed by atoms with van der Waals surface area (Å²) in [5.41, 5.74) is -0.372. The summed E-state index contributed by atoms with van der Waals surface area (Å²) in [7, 11) is 0. The summed E-state index contributed by atoms with van der Waals surface area (Å²) in [6, 6.07) is 9.32. The van der Waals surface area contributed by atoms with E-state index < -0.39 is 29.2 Å². The highest BCUT2D eigenvalue weighted by Gasteiger charge is 2.22. The van der Waals surface area contributed by atoms with E-state index in [0.717, 1.165) is 5.56 Å². The Balaban J connectivity index is 2.59. The van der Waals surface area contributed by atoms with Crippen molar-refractivity contribution in [2.45, 2.75) is 59.4 Å². The van der Waals surface area contributed by atoms with Gasteiger partial charge in [-0.2, -0.15) is 0 Å².